The Bertz CT molecular complexity index is 410. The summed E-state index contributed by atoms with van der Waals surface area (Å²) in [6.07, 6.45) is -3.05. The Labute approximate surface area is 101 Å². The summed E-state index contributed by atoms with van der Waals surface area (Å²) in [5, 5.41) is 11.4. The van der Waals surface area contributed by atoms with Gasteiger partial charge in [-0.2, -0.15) is 13.2 Å². The number of halogens is 3. The largest absolute Gasteiger partial charge is 0.477 e. The van der Waals surface area contributed by atoms with Crippen molar-refractivity contribution in [2.45, 2.75) is 6.18 Å². The molecule has 0 aliphatic heterocycles. The molecule has 0 aromatic carbocycles. The van der Waals surface area contributed by atoms with E-state index in [2.05, 4.69) is 15.0 Å². The van der Waals surface area contributed by atoms with Gasteiger partial charge in [0.05, 0.1) is 6.61 Å². The SMILES string of the molecule is O=C(O)c1cc(NCCOCC(F)(F)F)ccn1. The van der Waals surface area contributed by atoms with Crippen molar-refractivity contribution in [3.8, 4) is 0 Å². The van der Waals surface area contributed by atoms with Crippen LogP contribution < -0.4 is 5.32 Å². The second kappa shape index (κ2) is 6.20. The molecule has 0 spiro atoms. The number of hydrogen-bond acceptors (Lipinski definition) is 4. The van der Waals surface area contributed by atoms with E-state index in [1.165, 1.54) is 18.3 Å². The van der Waals surface area contributed by atoms with Crippen molar-refractivity contribution in [2.75, 3.05) is 25.1 Å². The van der Waals surface area contributed by atoms with E-state index in [4.69, 9.17) is 5.11 Å². The van der Waals surface area contributed by atoms with Crippen molar-refractivity contribution >= 4 is 11.7 Å². The Morgan fingerprint density at radius 2 is 2.22 bits per heavy atom. The average molecular weight is 264 g/mol. The molecule has 18 heavy (non-hydrogen) atoms. The van der Waals surface area contributed by atoms with Gasteiger partial charge in [0.2, 0.25) is 0 Å². The fourth-order valence-electron chi connectivity index (χ4n) is 1.11. The molecule has 0 saturated heterocycles. The van der Waals surface area contributed by atoms with E-state index in [1.54, 1.807) is 0 Å². The molecule has 1 rings (SSSR count). The molecule has 0 radical (unpaired) electrons. The van der Waals surface area contributed by atoms with E-state index >= 15 is 0 Å². The molecule has 100 valence electrons. The summed E-state index contributed by atoms with van der Waals surface area (Å²) < 4.78 is 39.6. The zero-order chi connectivity index (χ0) is 13.6. The van der Waals surface area contributed by atoms with E-state index in [9.17, 15) is 18.0 Å². The fraction of sp³-hybridized carbons (Fsp3) is 0.400. The number of alkyl halides is 3. The lowest BCUT2D eigenvalue weighted by Gasteiger charge is -2.09. The summed E-state index contributed by atoms with van der Waals surface area (Å²) >= 11 is 0. The molecule has 2 N–H and O–H groups in total. The number of aromatic carboxylic acids is 1. The number of nitrogens with one attached hydrogen (secondary N) is 1. The minimum absolute atomic E-state index is 0.135. The number of rotatable bonds is 6. The highest BCUT2D eigenvalue weighted by Gasteiger charge is 2.27. The van der Waals surface area contributed by atoms with Gasteiger partial charge >= 0.3 is 12.1 Å². The van der Waals surface area contributed by atoms with Crippen molar-refractivity contribution in [1.82, 2.24) is 4.98 Å². The van der Waals surface area contributed by atoms with Crippen molar-refractivity contribution in [3.05, 3.63) is 24.0 Å². The summed E-state index contributed by atoms with van der Waals surface area (Å²) in [4.78, 5) is 14.2. The molecule has 8 heteroatoms. The minimum Gasteiger partial charge on any atom is -0.477 e. The lowest BCUT2D eigenvalue weighted by molar-refractivity contribution is -0.172. The molecule has 1 aromatic heterocycles. The molecule has 0 aliphatic carbocycles. The van der Waals surface area contributed by atoms with Gasteiger partial charge in [0.1, 0.15) is 12.3 Å². The summed E-state index contributed by atoms with van der Waals surface area (Å²) in [5.41, 5.74) is 0.314. The molecular formula is C10H11F3N2O3. The van der Waals surface area contributed by atoms with Gasteiger partial charge in [-0.1, -0.05) is 0 Å². The number of carboxylic acids is 1. The van der Waals surface area contributed by atoms with Gasteiger partial charge in [-0.3, -0.25) is 0 Å². The van der Waals surface area contributed by atoms with E-state index < -0.39 is 18.8 Å². The second-order valence-corrected chi connectivity index (χ2v) is 3.33. The van der Waals surface area contributed by atoms with Gasteiger partial charge in [0, 0.05) is 18.4 Å². The maximum Gasteiger partial charge on any atom is 0.411 e. The van der Waals surface area contributed by atoms with Crippen LogP contribution in [0.25, 0.3) is 0 Å². The van der Waals surface area contributed by atoms with E-state index in [0.29, 0.717) is 5.69 Å². The Morgan fingerprint density at radius 1 is 1.50 bits per heavy atom. The fourth-order valence-corrected chi connectivity index (χ4v) is 1.11. The Kier molecular flexibility index (Phi) is 4.90. The smallest absolute Gasteiger partial charge is 0.411 e. The van der Waals surface area contributed by atoms with Crippen molar-refractivity contribution < 1.29 is 27.8 Å². The number of aromatic nitrogens is 1. The number of nitrogens with zero attached hydrogens (tertiary/aromatic N) is 1. The van der Waals surface area contributed by atoms with Crippen LogP contribution in [-0.2, 0) is 4.74 Å². The summed E-state index contributed by atoms with van der Waals surface area (Å²) in [5.74, 6) is -1.17. The molecule has 5 nitrogen and oxygen atoms in total. The van der Waals surface area contributed by atoms with Crippen LogP contribution in [-0.4, -0.2) is 42.0 Å². The molecule has 1 heterocycles. The average Bonchev–Trinajstić information content (AvgIpc) is 2.27. The number of hydrogen-bond donors (Lipinski definition) is 2. The first-order valence-corrected chi connectivity index (χ1v) is 4.96. The molecule has 0 atom stereocenters. The van der Waals surface area contributed by atoms with Crippen LogP contribution in [0.5, 0.6) is 0 Å². The summed E-state index contributed by atoms with van der Waals surface area (Å²) in [6, 6.07) is 2.79. The van der Waals surface area contributed by atoms with Gasteiger partial charge in [0.25, 0.3) is 0 Å². The van der Waals surface area contributed by atoms with Crippen LogP contribution >= 0.6 is 0 Å². The van der Waals surface area contributed by atoms with Crippen LogP contribution in [0.1, 0.15) is 10.5 Å². The molecule has 0 bridgehead atoms. The highest BCUT2D eigenvalue weighted by atomic mass is 19.4. The second-order valence-electron chi connectivity index (χ2n) is 3.33. The number of anilines is 1. The topological polar surface area (TPSA) is 71.5 Å². The molecule has 0 aliphatic rings. The monoisotopic (exact) mass is 264 g/mol. The van der Waals surface area contributed by atoms with Crippen LogP contribution in [0.15, 0.2) is 18.3 Å². The van der Waals surface area contributed by atoms with Gasteiger partial charge in [-0.15, -0.1) is 0 Å². The first-order valence-electron chi connectivity index (χ1n) is 4.96. The van der Waals surface area contributed by atoms with Crippen LogP contribution in [0.4, 0.5) is 18.9 Å². The van der Waals surface area contributed by atoms with Gasteiger partial charge in [0.15, 0.2) is 0 Å². The minimum atomic E-state index is -4.34. The summed E-state index contributed by atoms with van der Waals surface area (Å²) in [6.45, 7) is -1.30. The number of ether oxygens (including phenoxy) is 1. The first-order chi connectivity index (χ1) is 8.38. The number of pyridine rings is 1. The maximum absolute atomic E-state index is 11.7. The molecule has 0 unspecified atom stereocenters. The first kappa shape index (κ1) is 14.2. The Hall–Kier alpha value is -1.83. The van der Waals surface area contributed by atoms with Crippen molar-refractivity contribution in [2.24, 2.45) is 0 Å². The standard InChI is InChI=1S/C10H11F3N2O3/c11-10(12,13)6-18-4-3-14-7-1-2-15-8(5-7)9(16)17/h1-2,5H,3-4,6H2,(H,14,15)(H,16,17). The van der Waals surface area contributed by atoms with Crippen molar-refractivity contribution in [1.29, 1.82) is 0 Å². The highest BCUT2D eigenvalue weighted by Crippen LogP contribution is 2.14. The van der Waals surface area contributed by atoms with Crippen LogP contribution in [0.3, 0.4) is 0 Å². The number of carbonyl (C=O) groups is 1. The normalized spacial score (nSPS) is 11.3. The van der Waals surface area contributed by atoms with Crippen LogP contribution in [0, 0.1) is 0 Å². The maximum atomic E-state index is 11.7. The highest BCUT2D eigenvalue weighted by molar-refractivity contribution is 5.86. The van der Waals surface area contributed by atoms with Gasteiger partial charge in [-0.05, 0) is 12.1 Å². The molecule has 1 aromatic rings. The third kappa shape index (κ3) is 5.48. The zero-order valence-corrected chi connectivity index (χ0v) is 9.20. The third-order valence-corrected chi connectivity index (χ3v) is 1.82. The Morgan fingerprint density at radius 3 is 2.83 bits per heavy atom. The molecule has 0 saturated carbocycles. The third-order valence-electron chi connectivity index (χ3n) is 1.82. The lowest BCUT2D eigenvalue weighted by atomic mass is 10.3. The van der Waals surface area contributed by atoms with Gasteiger partial charge in [-0.25, -0.2) is 9.78 Å². The Balaban J connectivity index is 2.31. The van der Waals surface area contributed by atoms with Crippen molar-refractivity contribution in [3.63, 3.8) is 0 Å². The van der Waals surface area contributed by atoms with E-state index in [-0.39, 0.29) is 18.8 Å². The van der Waals surface area contributed by atoms with E-state index in [1.807, 2.05) is 0 Å². The summed E-state index contributed by atoms with van der Waals surface area (Å²) in [7, 11) is 0. The lowest BCUT2D eigenvalue weighted by Crippen LogP contribution is -2.20. The van der Waals surface area contributed by atoms with E-state index in [0.717, 1.165) is 0 Å². The number of carboxylic acid groups (broad SMARTS) is 1. The molecule has 0 fully saturated rings. The van der Waals surface area contributed by atoms with Gasteiger partial charge < -0.3 is 15.2 Å². The quantitative estimate of drug-likeness (QED) is 0.766. The predicted molar refractivity (Wildman–Crippen MR) is 56.6 cm³/mol. The predicted octanol–water partition coefficient (Wildman–Crippen LogP) is 1.77. The zero-order valence-electron chi connectivity index (χ0n) is 9.20. The molecule has 0 amide bonds. The molecular weight excluding hydrogens is 253 g/mol. The van der Waals surface area contributed by atoms with Crippen LogP contribution in [0.2, 0.25) is 0 Å².